The molecular weight excluding hydrogens is 352 g/mol. The Labute approximate surface area is 153 Å². The molecular formula is C19H22N2O4S. The molecule has 26 heavy (non-hydrogen) atoms. The second-order valence-corrected chi connectivity index (χ2v) is 7.95. The van der Waals surface area contributed by atoms with Gasteiger partial charge in [0.05, 0.1) is 11.0 Å². The monoisotopic (exact) mass is 374 g/mol. The van der Waals surface area contributed by atoms with Crippen LogP contribution in [0.15, 0.2) is 59.5 Å². The summed E-state index contributed by atoms with van der Waals surface area (Å²) in [6.07, 6.45) is 1.72. The van der Waals surface area contributed by atoms with E-state index in [9.17, 15) is 13.2 Å². The molecule has 0 saturated carbocycles. The Kier molecular flexibility index (Phi) is 6.03. The van der Waals surface area contributed by atoms with Crippen LogP contribution in [0.5, 0.6) is 0 Å². The smallest absolute Gasteiger partial charge is 0.251 e. The summed E-state index contributed by atoms with van der Waals surface area (Å²) < 4.78 is 32.9. The molecule has 0 radical (unpaired) electrons. The summed E-state index contributed by atoms with van der Waals surface area (Å²) in [5.74, 6) is -0.315. The molecule has 138 valence electrons. The van der Waals surface area contributed by atoms with E-state index >= 15 is 0 Å². The van der Waals surface area contributed by atoms with Gasteiger partial charge < -0.3 is 10.1 Å². The Morgan fingerprint density at radius 1 is 1.12 bits per heavy atom. The zero-order chi connectivity index (χ0) is 18.4. The van der Waals surface area contributed by atoms with Gasteiger partial charge in [0.1, 0.15) is 0 Å². The Hall–Kier alpha value is -2.22. The lowest BCUT2D eigenvalue weighted by Gasteiger charge is -2.12. The van der Waals surface area contributed by atoms with E-state index in [0.29, 0.717) is 18.7 Å². The molecule has 2 aromatic rings. The number of amides is 1. The number of benzene rings is 2. The minimum Gasteiger partial charge on any atom is -0.377 e. The highest BCUT2D eigenvalue weighted by Crippen LogP contribution is 2.14. The zero-order valence-corrected chi connectivity index (χ0v) is 15.2. The molecule has 1 heterocycles. The van der Waals surface area contributed by atoms with Gasteiger partial charge in [-0.25, -0.2) is 13.1 Å². The summed E-state index contributed by atoms with van der Waals surface area (Å²) >= 11 is 0. The number of ether oxygens (including phenoxy) is 1. The molecule has 6 nitrogen and oxygen atoms in total. The van der Waals surface area contributed by atoms with Crippen LogP contribution < -0.4 is 10.0 Å². The molecule has 1 saturated heterocycles. The summed E-state index contributed by atoms with van der Waals surface area (Å²) in [6.45, 7) is 1.30. The summed E-state index contributed by atoms with van der Waals surface area (Å²) in [7, 11) is -3.68. The zero-order valence-electron chi connectivity index (χ0n) is 14.4. The quantitative estimate of drug-likeness (QED) is 0.777. The van der Waals surface area contributed by atoms with Crippen LogP contribution in [0.2, 0.25) is 0 Å². The van der Waals surface area contributed by atoms with Crippen molar-refractivity contribution in [3.8, 4) is 0 Å². The van der Waals surface area contributed by atoms with Crippen LogP contribution in [-0.2, 0) is 21.3 Å². The van der Waals surface area contributed by atoms with Crippen molar-refractivity contribution in [2.75, 3.05) is 13.2 Å². The number of carbonyl (C=O) groups excluding carboxylic acids is 1. The van der Waals surface area contributed by atoms with Crippen molar-refractivity contribution in [3.63, 3.8) is 0 Å². The van der Waals surface area contributed by atoms with E-state index in [0.717, 1.165) is 18.4 Å². The fourth-order valence-corrected chi connectivity index (χ4v) is 3.89. The summed E-state index contributed by atoms with van der Waals surface area (Å²) in [4.78, 5) is 12.4. The third-order valence-corrected chi connectivity index (χ3v) is 5.65. The Bertz CT molecular complexity index is 847. The molecule has 1 atom stereocenters. The fraction of sp³-hybridized carbons (Fsp3) is 0.316. The van der Waals surface area contributed by atoms with Crippen LogP contribution in [0, 0.1) is 0 Å². The lowest BCUT2D eigenvalue weighted by Crippen LogP contribution is -2.32. The van der Waals surface area contributed by atoms with E-state index in [4.69, 9.17) is 4.74 Å². The van der Waals surface area contributed by atoms with E-state index in [1.165, 1.54) is 12.1 Å². The van der Waals surface area contributed by atoms with Crippen molar-refractivity contribution >= 4 is 15.9 Å². The second-order valence-electron chi connectivity index (χ2n) is 6.18. The van der Waals surface area contributed by atoms with Crippen molar-refractivity contribution in [1.82, 2.24) is 10.0 Å². The van der Waals surface area contributed by atoms with Gasteiger partial charge >= 0.3 is 0 Å². The molecule has 1 amide bonds. The van der Waals surface area contributed by atoms with Gasteiger partial charge in [0.2, 0.25) is 10.0 Å². The first-order valence-electron chi connectivity index (χ1n) is 8.58. The maximum atomic E-state index is 12.4. The normalized spacial score (nSPS) is 17.2. The van der Waals surface area contributed by atoms with Crippen molar-refractivity contribution in [3.05, 3.63) is 65.7 Å². The number of hydrogen-bond donors (Lipinski definition) is 2. The number of carbonyl (C=O) groups is 1. The highest BCUT2D eigenvalue weighted by atomic mass is 32.2. The maximum absolute atomic E-state index is 12.4. The molecule has 2 N–H and O–H groups in total. The van der Waals surface area contributed by atoms with Gasteiger partial charge in [-0.2, -0.15) is 0 Å². The van der Waals surface area contributed by atoms with Crippen LogP contribution in [0.4, 0.5) is 0 Å². The highest BCUT2D eigenvalue weighted by molar-refractivity contribution is 7.89. The molecule has 7 heteroatoms. The third kappa shape index (κ3) is 4.91. The van der Waals surface area contributed by atoms with Crippen LogP contribution in [0.3, 0.4) is 0 Å². The topological polar surface area (TPSA) is 84.5 Å². The maximum Gasteiger partial charge on any atom is 0.251 e. The lowest BCUT2D eigenvalue weighted by molar-refractivity contribution is 0.0950. The number of nitrogens with one attached hydrogen (secondary N) is 2. The van der Waals surface area contributed by atoms with E-state index in [-0.39, 0.29) is 23.5 Å². The second kappa shape index (κ2) is 8.44. The minimum atomic E-state index is -3.68. The molecule has 1 aliphatic heterocycles. The first kappa shape index (κ1) is 18.6. The predicted molar refractivity (Wildman–Crippen MR) is 98.2 cm³/mol. The van der Waals surface area contributed by atoms with E-state index in [1.807, 2.05) is 30.3 Å². The molecule has 0 bridgehead atoms. The van der Waals surface area contributed by atoms with Gasteiger partial charge in [-0.1, -0.05) is 36.4 Å². The van der Waals surface area contributed by atoms with Crippen LogP contribution in [0.25, 0.3) is 0 Å². The van der Waals surface area contributed by atoms with Gasteiger partial charge in [0, 0.05) is 25.3 Å². The Morgan fingerprint density at radius 3 is 2.65 bits per heavy atom. The van der Waals surface area contributed by atoms with Gasteiger partial charge in [-0.3, -0.25) is 4.79 Å². The molecule has 2 aromatic carbocycles. The summed E-state index contributed by atoms with van der Waals surface area (Å²) in [5, 5.41) is 2.80. The van der Waals surface area contributed by atoms with Gasteiger partial charge in [-0.05, 0) is 36.6 Å². The number of sulfonamides is 1. The van der Waals surface area contributed by atoms with Crippen molar-refractivity contribution in [2.24, 2.45) is 0 Å². The summed E-state index contributed by atoms with van der Waals surface area (Å²) in [6, 6.07) is 15.6. The van der Waals surface area contributed by atoms with E-state index < -0.39 is 10.0 Å². The van der Waals surface area contributed by atoms with Gasteiger partial charge in [0.15, 0.2) is 0 Å². The van der Waals surface area contributed by atoms with Crippen molar-refractivity contribution in [2.45, 2.75) is 30.4 Å². The first-order chi connectivity index (χ1) is 12.5. The fourth-order valence-electron chi connectivity index (χ4n) is 2.78. The largest absolute Gasteiger partial charge is 0.377 e. The average molecular weight is 374 g/mol. The first-order valence-corrected chi connectivity index (χ1v) is 10.1. The standard InChI is InChI=1S/C19H22N2O4S/c22-19(20-13-15-6-2-1-3-7-15)16-8-4-10-18(12-16)26(23,24)21-14-17-9-5-11-25-17/h1-4,6-8,10,12,17,21H,5,9,11,13-14H2,(H,20,22). The molecule has 1 fully saturated rings. The molecule has 1 unspecified atom stereocenters. The molecule has 1 aliphatic rings. The highest BCUT2D eigenvalue weighted by Gasteiger charge is 2.21. The summed E-state index contributed by atoms with van der Waals surface area (Å²) in [5.41, 5.74) is 1.28. The third-order valence-electron chi connectivity index (χ3n) is 4.23. The number of hydrogen-bond acceptors (Lipinski definition) is 4. The number of rotatable bonds is 7. The molecule has 3 rings (SSSR count). The van der Waals surface area contributed by atoms with Crippen molar-refractivity contribution < 1.29 is 17.9 Å². The molecule has 0 spiro atoms. The van der Waals surface area contributed by atoms with Crippen LogP contribution >= 0.6 is 0 Å². The van der Waals surface area contributed by atoms with Crippen LogP contribution in [-0.4, -0.2) is 33.6 Å². The van der Waals surface area contributed by atoms with E-state index in [2.05, 4.69) is 10.0 Å². The minimum absolute atomic E-state index is 0.0721. The SMILES string of the molecule is O=C(NCc1ccccc1)c1cccc(S(=O)(=O)NCC2CCCO2)c1. The molecule has 0 aromatic heterocycles. The Balaban J connectivity index is 1.63. The predicted octanol–water partition coefficient (Wildman–Crippen LogP) is 2.07. The molecule has 0 aliphatic carbocycles. The van der Waals surface area contributed by atoms with Crippen molar-refractivity contribution in [1.29, 1.82) is 0 Å². The Morgan fingerprint density at radius 2 is 1.92 bits per heavy atom. The average Bonchev–Trinajstić information content (AvgIpc) is 3.19. The van der Waals surface area contributed by atoms with Gasteiger partial charge in [-0.15, -0.1) is 0 Å². The lowest BCUT2D eigenvalue weighted by atomic mass is 10.2. The van der Waals surface area contributed by atoms with Gasteiger partial charge in [0.25, 0.3) is 5.91 Å². The van der Waals surface area contributed by atoms with E-state index in [1.54, 1.807) is 12.1 Å². The van der Waals surface area contributed by atoms with Crippen LogP contribution in [0.1, 0.15) is 28.8 Å².